The molecule has 2 N–H and O–H groups in total. The van der Waals surface area contributed by atoms with Gasteiger partial charge >= 0.3 is 0 Å². The third-order valence-corrected chi connectivity index (χ3v) is 4.84. The van der Waals surface area contributed by atoms with Gasteiger partial charge in [0.1, 0.15) is 0 Å². The molecule has 0 aromatic heterocycles. The molecule has 1 aliphatic rings. The molecule has 130 valence electrons. The van der Waals surface area contributed by atoms with Crippen LogP contribution in [0.2, 0.25) is 0 Å². The highest BCUT2D eigenvalue weighted by Crippen LogP contribution is 2.43. The number of non-ortho nitro benzene ring substituents is 1. The van der Waals surface area contributed by atoms with E-state index in [9.17, 15) is 15.2 Å². The van der Waals surface area contributed by atoms with Crippen molar-refractivity contribution in [1.82, 2.24) is 5.32 Å². The fraction of sp³-hybridized carbons (Fsp3) is 0.143. The van der Waals surface area contributed by atoms with Crippen molar-refractivity contribution in [3.05, 3.63) is 99.6 Å². The minimum atomic E-state index is -0.740. The van der Waals surface area contributed by atoms with Gasteiger partial charge in [0, 0.05) is 18.7 Å². The summed E-state index contributed by atoms with van der Waals surface area (Å²) in [5.74, 6) is 0. The maximum absolute atomic E-state index is 10.7. The Hall–Kier alpha value is -3.02. The van der Waals surface area contributed by atoms with E-state index in [0.717, 1.165) is 0 Å². The van der Waals surface area contributed by atoms with Crippen molar-refractivity contribution >= 4 is 5.69 Å². The summed E-state index contributed by atoms with van der Waals surface area (Å²) in [6.45, 7) is 0.352. The van der Waals surface area contributed by atoms with Crippen molar-refractivity contribution in [2.24, 2.45) is 0 Å². The van der Waals surface area contributed by atoms with E-state index in [0.29, 0.717) is 12.1 Å². The second kappa shape index (κ2) is 6.71. The molecule has 5 heteroatoms. The summed E-state index contributed by atoms with van der Waals surface area (Å²) in [4.78, 5) is 10.3. The maximum atomic E-state index is 10.7. The molecular weight excluding hydrogens is 328 g/mol. The molecule has 3 aromatic rings. The summed E-state index contributed by atoms with van der Waals surface area (Å²) in [7, 11) is 0. The minimum absolute atomic E-state index is 0.0209. The standard InChI is InChI=1S/C21H18N2O3/c24-20(14-9-11-15(12-10-14)23(25)26)13-22-21-18-7-3-1-5-16(18)17-6-2-4-8-19(17)21/h1-12,20-22,24H,13H2/t20-/m0/s1. The van der Waals surface area contributed by atoms with Gasteiger partial charge in [-0.2, -0.15) is 0 Å². The van der Waals surface area contributed by atoms with Crippen molar-refractivity contribution in [2.45, 2.75) is 12.1 Å². The molecule has 0 spiro atoms. The lowest BCUT2D eigenvalue weighted by atomic mass is 10.0. The number of nitro benzene ring substituents is 1. The molecule has 0 saturated heterocycles. The van der Waals surface area contributed by atoms with Gasteiger partial charge in [-0.05, 0) is 39.9 Å². The van der Waals surface area contributed by atoms with E-state index in [1.807, 2.05) is 24.3 Å². The van der Waals surface area contributed by atoms with E-state index >= 15 is 0 Å². The number of hydrogen-bond donors (Lipinski definition) is 2. The zero-order chi connectivity index (χ0) is 18.1. The van der Waals surface area contributed by atoms with E-state index in [2.05, 4.69) is 29.6 Å². The second-order valence-corrected chi connectivity index (χ2v) is 6.38. The van der Waals surface area contributed by atoms with Gasteiger partial charge in [0.05, 0.1) is 17.1 Å². The summed E-state index contributed by atoms with van der Waals surface area (Å²) in [5.41, 5.74) is 5.50. The Morgan fingerprint density at radius 3 is 2.00 bits per heavy atom. The maximum Gasteiger partial charge on any atom is 0.269 e. The van der Waals surface area contributed by atoms with Gasteiger partial charge in [0.25, 0.3) is 5.69 Å². The zero-order valence-corrected chi connectivity index (χ0v) is 14.0. The van der Waals surface area contributed by atoms with Crippen LogP contribution in [0, 0.1) is 10.1 Å². The summed E-state index contributed by atoms with van der Waals surface area (Å²) in [6.07, 6.45) is -0.740. The van der Waals surface area contributed by atoms with Crippen molar-refractivity contribution in [3.8, 4) is 11.1 Å². The average Bonchev–Trinajstić information content (AvgIpc) is 3.00. The van der Waals surface area contributed by atoms with Crippen LogP contribution in [0.1, 0.15) is 28.8 Å². The first-order valence-electron chi connectivity index (χ1n) is 8.49. The lowest BCUT2D eigenvalue weighted by molar-refractivity contribution is -0.384. The molecule has 5 nitrogen and oxygen atoms in total. The summed E-state index contributed by atoms with van der Waals surface area (Å²) in [6, 6.07) is 22.6. The molecular formula is C21H18N2O3. The van der Waals surface area contributed by atoms with Gasteiger partial charge in [-0.3, -0.25) is 10.1 Å². The van der Waals surface area contributed by atoms with Crippen LogP contribution < -0.4 is 5.32 Å². The zero-order valence-electron chi connectivity index (χ0n) is 14.0. The SMILES string of the molecule is O=[N+]([O-])c1ccc([C@@H](O)CNC2c3ccccc3-c3ccccc32)cc1. The molecule has 26 heavy (non-hydrogen) atoms. The number of fused-ring (bicyclic) bond motifs is 3. The Morgan fingerprint density at radius 2 is 1.46 bits per heavy atom. The molecule has 0 fully saturated rings. The monoisotopic (exact) mass is 346 g/mol. The molecule has 3 aromatic carbocycles. The topological polar surface area (TPSA) is 75.4 Å². The fourth-order valence-electron chi connectivity index (χ4n) is 3.54. The van der Waals surface area contributed by atoms with Gasteiger partial charge in [-0.15, -0.1) is 0 Å². The number of aliphatic hydroxyl groups excluding tert-OH is 1. The molecule has 0 bridgehead atoms. The quantitative estimate of drug-likeness (QED) is 0.541. The van der Waals surface area contributed by atoms with Crippen LogP contribution >= 0.6 is 0 Å². The highest BCUT2D eigenvalue weighted by Gasteiger charge is 2.28. The summed E-state index contributed by atoms with van der Waals surface area (Å²) >= 11 is 0. The number of nitro groups is 1. The first-order valence-corrected chi connectivity index (χ1v) is 8.49. The van der Waals surface area contributed by atoms with E-state index in [4.69, 9.17) is 0 Å². The van der Waals surface area contributed by atoms with Gasteiger partial charge in [0.15, 0.2) is 0 Å². The van der Waals surface area contributed by atoms with Gasteiger partial charge in [-0.1, -0.05) is 48.5 Å². The third-order valence-electron chi connectivity index (χ3n) is 4.84. The Morgan fingerprint density at radius 1 is 0.923 bits per heavy atom. The minimum Gasteiger partial charge on any atom is -0.387 e. The number of rotatable bonds is 5. The lowest BCUT2D eigenvalue weighted by Crippen LogP contribution is -2.26. The van der Waals surface area contributed by atoms with Crippen molar-refractivity contribution in [2.75, 3.05) is 6.54 Å². The van der Waals surface area contributed by atoms with Gasteiger partial charge in [0.2, 0.25) is 0 Å². The molecule has 0 amide bonds. The normalized spacial score (nSPS) is 13.9. The van der Waals surface area contributed by atoms with E-state index < -0.39 is 11.0 Å². The summed E-state index contributed by atoms with van der Waals surface area (Å²) in [5, 5.41) is 24.7. The molecule has 1 aliphatic carbocycles. The number of hydrogen-bond acceptors (Lipinski definition) is 4. The highest BCUT2D eigenvalue weighted by molar-refractivity contribution is 5.78. The molecule has 1 atom stereocenters. The summed E-state index contributed by atoms with van der Waals surface area (Å²) < 4.78 is 0. The van der Waals surface area contributed by atoms with Crippen LogP contribution in [0.5, 0.6) is 0 Å². The molecule has 0 unspecified atom stereocenters. The average molecular weight is 346 g/mol. The number of benzene rings is 3. The van der Waals surface area contributed by atoms with E-state index in [1.54, 1.807) is 12.1 Å². The Bertz CT molecular complexity index is 908. The van der Waals surface area contributed by atoms with Crippen molar-refractivity contribution < 1.29 is 10.0 Å². The number of nitrogens with zero attached hydrogens (tertiary/aromatic N) is 1. The first-order chi connectivity index (χ1) is 12.6. The van der Waals surface area contributed by atoms with Crippen LogP contribution in [0.3, 0.4) is 0 Å². The number of nitrogens with one attached hydrogen (secondary N) is 1. The number of aliphatic hydroxyl groups is 1. The first kappa shape index (κ1) is 16.4. The smallest absolute Gasteiger partial charge is 0.269 e. The molecule has 4 rings (SSSR count). The Kier molecular flexibility index (Phi) is 4.24. The van der Waals surface area contributed by atoms with Crippen LogP contribution in [-0.4, -0.2) is 16.6 Å². The van der Waals surface area contributed by atoms with Crippen LogP contribution in [0.25, 0.3) is 11.1 Å². The molecule has 0 heterocycles. The van der Waals surface area contributed by atoms with Crippen LogP contribution in [0.15, 0.2) is 72.8 Å². The van der Waals surface area contributed by atoms with Crippen molar-refractivity contribution in [1.29, 1.82) is 0 Å². The van der Waals surface area contributed by atoms with Gasteiger partial charge in [-0.25, -0.2) is 0 Å². The predicted octanol–water partition coefficient (Wildman–Crippen LogP) is 3.99. The molecule has 0 aliphatic heterocycles. The van der Waals surface area contributed by atoms with Crippen molar-refractivity contribution in [3.63, 3.8) is 0 Å². The third kappa shape index (κ3) is 2.87. The Balaban J connectivity index is 1.53. The van der Waals surface area contributed by atoms with E-state index in [1.165, 1.54) is 34.4 Å². The fourth-order valence-corrected chi connectivity index (χ4v) is 3.54. The van der Waals surface area contributed by atoms with Gasteiger partial charge < -0.3 is 10.4 Å². The predicted molar refractivity (Wildman–Crippen MR) is 99.8 cm³/mol. The second-order valence-electron chi connectivity index (χ2n) is 6.38. The van der Waals surface area contributed by atoms with E-state index in [-0.39, 0.29) is 11.7 Å². The largest absolute Gasteiger partial charge is 0.387 e. The van der Waals surface area contributed by atoms with Crippen LogP contribution in [-0.2, 0) is 0 Å². The van der Waals surface area contributed by atoms with Crippen LogP contribution in [0.4, 0.5) is 5.69 Å². The lowest BCUT2D eigenvalue weighted by Gasteiger charge is -2.19. The molecule has 0 radical (unpaired) electrons. The molecule has 0 saturated carbocycles. The highest BCUT2D eigenvalue weighted by atomic mass is 16.6. The Labute approximate surface area is 151 Å².